The van der Waals surface area contributed by atoms with Crippen molar-refractivity contribution >= 4 is 6.21 Å². The standard InChI is InChI=1S/C11H19N/c1-8(2)10-5-6-12-7-11(10)9(3)4/h6-10H,5H2,1-4H3/t10-/m1/s1. The molecule has 0 aromatic heterocycles. The molecule has 0 aromatic carbocycles. The molecule has 12 heavy (non-hydrogen) atoms. The summed E-state index contributed by atoms with van der Waals surface area (Å²) in [7, 11) is 0. The van der Waals surface area contributed by atoms with Crippen molar-refractivity contribution in [1.29, 1.82) is 0 Å². The van der Waals surface area contributed by atoms with E-state index in [0.717, 1.165) is 18.3 Å². The number of aliphatic imine (C=N–C) groups is 1. The fraction of sp³-hybridized carbons (Fsp3) is 0.727. The van der Waals surface area contributed by atoms with Crippen LogP contribution in [0.5, 0.6) is 0 Å². The molecule has 0 N–H and O–H groups in total. The van der Waals surface area contributed by atoms with E-state index < -0.39 is 0 Å². The molecule has 0 radical (unpaired) electrons. The minimum absolute atomic E-state index is 0.648. The maximum Gasteiger partial charge on any atom is 0.0261 e. The lowest BCUT2D eigenvalue weighted by Crippen LogP contribution is -2.18. The Balaban J connectivity index is 2.77. The van der Waals surface area contributed by atoms with Crippen LogP contribution < -0.4 is 0 Å². The van der Waals surface area contributed by atoms with Gasteiger partial charge in [0.05, 0.1) is 0 Å². The molecular weight excluding hydrogens is 146 g/mol. The lowest BCUT2D eigenvalue weighted by atomic mass is 9.80. The lowest BCUT2D eigenvalue weighted by molar-refractivity contribution is 0.420. The molecule has 0 unspecified atom stereocenters. The van der Waals surface area contributed by atoms with Gasteiger partial charge in [-0.25, -0.2) is 0 Å². The average molecular weight is 165 g/mol. The Morgan fingerprint density at radius 3 is 2.42 bits per heavy atom. The van der Waals surface area contributed by atoms with Crippen molar-refractivity contribution in [2.75, 3.05) is 0 Å². The van der Waals surface area contributed by atoms with E-state index in [1.807, 2.05) is 6.21 Å². The van der Waals surface area contributed by atoms with E-state index >= 15 is 0 Å². The molecule has 1 aliphatic heterocycles. The second-order valence-electron chi connectivity index (χ2n) is 4.20. The van der Waals surface area contributed by atoms with Crippen LogP contribution in [0.1, 0.15) is 34.1 Å². The minimum atomic E-state index is 0.648. The zero-order valence-electron chi connectivity index (χ0n) is 8.54. The molecule has 1 rings (SSSR count). The highest BCUT2D eigenvalue weighted by Crippen LogP contribution is 2.30. The zero-order chi connectivity index (χ0) is 9.14. The lowest BCUT2D eigenvalue weighted by Gasteiger charge is -2.26. The second kappa shape index (κ2) is 3.88. The molecule has 0 fully saturated rings. The van der Waals surface area contributed by atoms with Gasteiger partial charge in [-0.05, 0) is 29.7 Å². The summed E-state index contributed by atoms with van der Waals surface area (Å²) in [6, 6.07) is 0. The Morgan fingerprint density at radius 1 is 1.33 bits per heavy atom. The topological polar surface area (TPSA) is 12.4 Å². The molecular formula is C11H19N. The first kappa shape index (κ1) is 9.50. The predicted octanol–water partition coefficient (Wildman–Crippen LogP) is 3.27. The Kier molecular flexibility index (Phi) is 3.07. The zero-order valence-corrected chi connectivity index (χ0v) is 8.54. The molecule has 1 atom stereocenters. The van der Waals surface area contributed by atoms with E-state index in [2.05, 4.69) is 38.9 Å². The van der Waals surface area contributed by atoms with Gasteiger partial charge in [0.25, 0.3) is 0 Å². The third kappa shape index (κ3) is 1.96. The molecule has 0 saturated carbocycles. The highest BCUT2D eigenvalue weighted by atomic mass is 14.7. The van der Waals surface area contributed by atoms with Gasteiger partial charge in [0.1, 0.15) is 0 Å². The van der Waals surface area contributed by atoms with Gasteiger partial charge in [-0.1, -0.05) is 27.7 Å². The normalized spacial score (nSPS) is 23.5. The van der Waals surface area contributed by atoms with E-state index in [-0.39, 0.29) is 0 Å². The van der Waals surface area contributed by atoms with Crippen molar-refractivity contribution in [2.45, 2.75) is 34.1 Å². The van der Waals surface area contributed by atoms with E-state index in [0.29, 0.717) is 5.92 Å². The largest absolute Gasteiger partial charge is 0.269 e. The van der Waals surface area contributed by atoms with Gasteiger partial charge in [-0.3, -0.25) is 4.99 Å². The maximum atomic E-state index is 4.23. The Bertz CT molecular complexity index is 199. The Morgan fingerprint density at radius 2 is 2.00 bits per heavy atom. The van der Waals surface area contributed by atoms with E-state index in [4.69, 9.17) is 0 Å². The van der Waals surface area contributed by atoms with Gasteiger partial charge in [0.15, 0.2) is 0 Å². The summed E-state index contributed by atoms with van der Waals surface area (Å²) >= 11 is 0. The molecule has 0 aromatic rings. The summed E-state index contributed by atoms with van der Waals surface area (Å²) in [5.41, 5.74) is 1.52. The summed E-state index contributed by atoms with van der Waals surface area (Å²) in [4.78, 5) is 4.23. The van der Waals surface area contributed by atoms with Crippen molar-refractivity contribution in [3.63, 3.8) is 0 Å². The summed E-state index contributed by atoms with van der Waals surface area (Å²) < 4.78 is 0. The summed E-state index contributed by atoms with van der Waals surface area (Å²) in [5.74, 6) is 2.11. The van der Waals surface area contributed by atoms with Crippen LogP contribution in [0.2, 0.25) is 0 Å². The number of nitrogens with zero attached hydrogens (tertiary/aromatic N) is 1. The smallest absolute Gasteiger partial charge is 0.0261 e. The fourth-order valence-corrected chi connectivity index (χ4v) is 1.78. The third-order valence-electron chi connectivity index (χ3n) is 2.59. The Hall–Kier alpha value is -0.590. The molecule has 0 spiro atoms. The van der Waals surface area contributed by atoms with Crippen LogP contribution >= 0.6 is 0 Å². The maximum absolute atomic E-state index is 4.23. The SMILES string of the molecule is CC(C)C1=CN=CC[C@@H]1C(C)C. The summed E-state index contributed by atoms with van der Waals surface area (Å²) in [5, 5.41) is 0. The average Bonchev–Trinajstić information content (AvgIpc) is 2.04. The molecule has 1 heterocycles. The minimum Gasteiger partial charge on any atom is -0.269 e. The third-order valence-corrected chi connectivity index (χ3v) is 2.59. The molecule has 0 bridgehead atoms. The van der Waals surface area contributed by atoms with Gasteiger partial charge < -0.3 is 0 Å². The van der Waals surface area contributed by atoms with Crippen LogP contribution in [0.15, 0.2) is 16.8 Å². The predicted molar refractivity (Wildman–Crippen MR) is 54.4 cm³/mol. The monoisotopic (exact) mass is 165 g/mol. The van der Waals surface area contributed by atoms with Gasteiger partial charge >= 0.3 is 0 Å². The molecule has 1 heteroatoms. The number of hydrogen-bond donors (Lipinski definition) is 0. The van der Waals surface area contributed by atoms with Gasteiger partial charge in [0.2, 0.25) is 0 Å². The molecule has 0 aliphatic carbocycles. The molecule has 1 aliphatic rings. The van der Waals surface area contributed by atoms with Crippen molar-refractivity contribution in [2.24, 2.45) is 22.7 Å². The summed E-state index contributed by atoms with van der Waals surface area (Å²) in [6.45, 7) is 9.09. The van der Waals surface area contributed by atoms with Crippen LogP contribution in [-0.4, -0.2) is 6.21 Å². The Labute approximate surface area is 75.6 Å². The van der Waals surface area contributed by atoms with Crippen molar-refractivity contribution in [3.8, 4) is 0 Å². The van der Waals surface area contributed by atoms with E-state index in [1.54, 1.807) is 0 Å². The van der Waals surface area contributed by atoms with Crippen LogP contribution in [0.25, 0.3) is 0 Å². The first-order valence-electron chi connectivity index (χ1n) is 4.84. The van der Waals surface area contributed by atoms with Crippen LogP contribution in [0.3, 0.4) is 0 Å². The first-order valence-corrected chi connectivity index (χ1v) is 4.84. The van der Waals surface area contributed by atoms with Gasteiger partial charge in [-0.2, -0.15) is 0 Å². The van der Waals surface area contributed by atoms with Crippen molar-refractivity contribution < 1.29 is 0 Å². The van der Waals surface area contributed by atoms with Crippen LogP contribution in [-0.2, 0) is 0 Å². The highest BCUT2D eigenvalue weighted by Gasteiger charge is 2.21. The number of hydrogen-bond acceptors (Lipinski definition) is 1. The van der Waals surface area contributed by atoms with Gasteiger partial charge in [0, 0.05) is 12.4 Å². The number of rotatable bonds is 2. The van der Waals surface area contributed by atoms with Crippen molar-refractivity contribution in [1.82, 2.24) is 0 Å². The molecule has 0 saturated heterocycles. The molecule has 1 nitrogen and oxygen atoms in total. The highest BCUT2D eigenvalue weighted by molar-refractivity contribution is 5.61. The van der Waals surface area contributed by atoms with E-state index in [1.165, 1.54) is 5.57 Å². The summed E-state index contributed by atoms with van der Waals surface area (Å²) in [6.07, 6.45) is 5.22. The second-order valence-corrected chi connectivity index (χ2v) is 4.20. The van der Waals surface area contributed by atoms with Gasteiger partial charge in [-0.15, -0.1) is 0 Å². The molecule has 68 valence electrons. The van der Waals surface area contributed by atoms with E-state index in [9.17, 15) is 0 Å². The van der Waals surface area contributed by atoms with Crippen molar-refractivity contribution in [3.05, 3.63) is 11.8 Å². The first-order chi connectivity index (χ1) is 5.63. The molecule has 0 amide bonds. The van der Waals surface area contributed by atoms with Crippen LogP contribution in [0, 0.1) is 17.8 Å². The number of allylic oxidation sites excluding steroid dienone is 1. The fourth-order valence-electron chi connectivity index (χ4n) is 1.78. The van der Waals surface area contributed by atoms with Crippen LogP contribution in [0.4, 0.5) is 0 Å². The quantitative estimate of drug-likeness (QED) is 0.595.